The third-order valence-corrected chi connectivity index (χ3v) is 19.5. The molecule has 0 heterocycles. The summed E-state index contributed by atoms with van der Waals surface area (Å²) in [6.07, 6.45) is -0.415. The lowest BCUT2D eigenvalue weighted by Gasteiger charge is -2.45. The molecule has 0 aliphatic heterocycles. The highest BCUT2D eigenvalue weighted by atomic mass is 28.4. The summed E-state index contributed by atoms with van der Waals surface area (Å²) in [5, 5.41) is 14.5. The Labute approximate surface area is 298 Å². The Bertz CT molecular complexity index is 1520. The fraction of sp³-hybridized carbons (Fsp3) is 0.395. The van der Waals surface area contributed by atoms with Crippen LogP contribution in [0.5, 0.6) is 0 Å². The van der Waals surface area contributed by atoms with Crippen molar-refractivity contribution in [3.63, 3.8) is 0 Å². The molecule has 0 amide bonds. The summed E-state index contributed by atoms with van der Waals surface area (Å²) in [7, 11) is -4.77. The molecule has 4 nitrogen and oxygen atoms in total. The first kappa shape index (κ1) is 38.5. The van der Waals surface area contributed by atoms with Crippen LogP contribution >= 0.6 is 0 Å². The van der Waals surface area contributed by atoms with Crippen LogP contribution in [0.3, 0.4) is 0 Å². The molecule has 49 heavy (non-hydrogen) atoms. The van der Waals surface area contributed by atoms with Gasteiger partial charge < -0.3 is 14.0 Å². The van der Waals surface area contributed by atoms with Gasteiger partial charge in [0.05, 0.1) is 25.4 Å². The largest absolute Gasteiger partial charge is 0.406 e. The second-order valence-electron chi connectivity index (χ2n) is 15.6. The van der Waals surface area contributed by atoms with Crippen molar-refractivity contribution in [2.45, 2.75) is 96.4 Å². The summed E-state index contributed by atoms with van der Waals surface area (Å²) in [5.74, 6) is 6.53. The normalized spacial score (nSPS) is 13.8. The van der Waals surface area contributed by atoms with Gasteiger partial charge >= 0.3 is 0 Å². The monoisotopic (exact) mass is 691 g/mol. The first-order valence-corrected chi connectivity index (χ1v) is 22.4. The Balaban J connectivity index is 1.73. The molecule has 0 saturated carbocycles. The average Bonchev–Trinajstić information content (AvgIpc) is 3.07. The van der Waals surface area contributed by atoms with Crippen molar-refractivity contribution in [1.29, 1.82) is 0 Å². The molecule has 0 radical (unpaired) electrons. The second kappa shape index (κ2) is 17.1. The third kappa shape index (κ3) is 10.1. The minimum atomic E-state index is -2.86. The molecule has 1 N–H and O–H groups in total. The summed E-state index contributed by atoms with van der Waals surface area (Å²) in [6.45, 7) is 20.2. The fourth-order valence-corrected chi connectivity index (χ4v) is 11.6. The summed E-state index contributed by atoms with van der Waals surface area (Å²) in [5.41, 5.74) is 2.38. The molecular formula is C43H57NO3Si2. The van der Waals surface area contributed by atoms with E-state index >= 15 is 0 Å². The zero-order valence-corrected chi connectivity index (χ0v) is 32.9. The van der Waals surface area contributed by atoms with Crippen LogP contribution in [0.4, 0.5) is 0 Å². The van der Waals surface area contributed by atoms with Gasteiger partial charge in [0.15, 0.2) is 8.32 Å². The van der Waals surface area contributed by atoms with Crippen LogP contribution in [0.2, 0.25) is 23.2 Å². The van der Waals surface area contributed by atoms with Crippen molar-refractivity contribution in [3.05, 3.63) is 132 Å². The Morgan fingerprint density at radius 2 is 1.04 bits per heavy atom. The fourth-order valence-electron chi connectivity index (χ4n) is 6.15. The van der Waals surface area contributed by atoms with Crippen LogP contribution in [0, 0.1) is 11.8 Å². The number of hydrogen-bond donors (Lipinski definition) is 1. The van der Waals surface area contributed by atoms with Crippen molar-refractivity contribution < 1.29 is 14.0 Å². The zero-order chi connectivity index (χ0) is 35.5. The number of hydrogen-bond acceptors (Lipinski definition) is 4. The molecule has 6 heteroatoms. The van der Waals surface area contributed by atoms with E-state index in [1.807, 2.05) is 12.1 Å². The third-order valence-electron chi connectivity index (χ3n) is 10.0. The van der Waals surface area contributed by atoms with Crippen molar-refractivity contribution >= 4 is 27.0 Å². The predicted octanol–water partition coefficient (Wildman–Crippen LogP) is 8.41. The van der Waals surface area contributed by atoms with Crippen LogP contribution in [-0.2, 0) is 21.9 Å². The summed E-state index contributed by atoms with van der Waals surface area (Å²) in [6, 6.07) is 42.2. The van der Waals surface area contributed by atoms with Crippen LogP contribution < -0.4 is 10.4 Å². The van der Waals surface area contributed by atoms with Gasteiger partial charge in [-0.1, -0.05) is 175 Å². The van der Waals surface area contributed by atoms with Gasteiger partial charge in [-0.3, -0.25) is 4.90 Å². The molecule has 4 rings (SSSR count). The molecule has 4 aromatic rings. The van der Waals surface area contributed by atoms with Crippen molar-refractivity contribution in [3.8, 4) is 11.8 Å². The molecular weight excluding hydrogens is 635 g/mol. The highest BCUT2D eigenvalue weighted by molar-refractivity contribution is 6.99. The van der Waals surface area contributed by atoms with Crippen LogP contribution in [0.1, 0.15) is 59.1 Å². The lowest BCUT2D eigenvalue weighted by Crippen LogP contribution is -2.67. The number of aliphatic hydroxyl groups excluding tert-OH is 1. The number of benzene rings is 4. The lowest BCUT2D eigenvalue weighted by molar-refractivity contribution is 0.0135. The number of rotatable bonds is 14. The highest BCUT2D eigenvalue weighted by Gasteiger charge is 2.51. The summed E-state index contributed by atoms with van der Waals surface area (Å²) >= 11 is 0. The van der Waals surface area contributed by atoms with E-state index in [-0.39, 0.29) is 16.1 Å². The first-order valence-electron chi connectivity index (χ1n) is 17.6. The highest BCUT2D eigenvalue weighted by Crippen LogP contribution is 2.38. The molecule has 0 aliphatic rings. The standard InChI is InChI=1S/C43H57NO3Si2/c1-42(2,3)48(7,8)46-32-22-21-31-41(45)40(44(33-36-23-13-9-14-24-36)34-37-25-15-10-16-26-37)35-47-49(43(4,5)6,38-27-17-11-18-28-38)39-29-19-12-20-30-39/h9-20,23-30,40-41,45H,31-35H2,1-8H3/t40-,41+/m0/s1. The van der Waals surface area contributed by atoms with Crippen molar-refractivity contribution in [2.24, 2.45) is 0 Å². The smallest absolute Gasteiger partial charge is 0.261 e. The molecule has 0 aliphatic carbocycles. The minimum absolute atomic E-state index is 0.118. The van der Waals surface area contributed by atoms with E-state index in [0.717, 1.165) is 0 Å². The van der Waals surface area contributed by atoms with Gasteiger partial charge in [0.25, 0.3) is 8.32 Å². The molecule has 260 valence electrons. The Morgan fingerprint density at radius 3 is 1.45 bits per heavy atom. The first-order chi connectivity index (χ1) is 23.2. The number of nitrogens with zero attached hydrogens (tertiary/aromatic N) is 1. The molecule has 0 spiro atoms. The van der Waals surface area contributed by atoms with Gasteiger partial charge in [-0.05, 0) is 44.7 Å². The molecule has 0 fully saturated rings. The maximum Gasteiger partial charge on any atom is 0.261 e. The summed E-state index contributed by atoms with van der Waals surface area (Å²) < 4.78 is 13.8. The number of aliphatic hydroxyl groups is 1. The van der Waals surface area contributed by atoms with Gasteiger partial charge in [-0.25, -0.2) is 0 Å². The van der Waals surface area contributed by atoms with Crippen LogP contribution in [0.25, 0.3) is 0 Å². The van der Waals surface area contributed by atoms with E-state index < -0.39 is 22.7 Å². The van der Waals surface area contributed by atoms with Crippen LogP contribution in [0.15, 0.2) is 121 Å². The Morgan fingerprint density at radius 1 is 0.612 bits per heavy atom. The molecule has 2 atom stereocenters. The topological polar surface area (TPSA) is 41.9 Å². The zero-order valence-electron chi connectivity index (χ0n) is 30.9. The van der Waals surface area contributed by atoms with Crippen LogP contribution in [-0.4, -0.2) is 52.0 Å². The van der Waals surface area contributed by atoms with Crippen molar-refractivity contribution in [2.75, 3.05) is 13.2 Å². The van der Waals surface area contributed by atoms with E-state index in [1.165, 1.54) is 21.5 Å². The van der Waals surface area contributed by atoms with Gasteiger partial charge in [0.2, 0.25) is 0 Å². The lowest BCUT2D eigenvalue weighted by atomic mass is 10.0. The van der Waals surface area contributed by atoms with E-state index in [4.69, 9.17) is 8.85 Å². The van der Waals surface area contributed by atoms with Gasteiger partial charge in [0.1, 0.15) is 0 Å². The maximum absolute atomic E-state index is 12.1. The minimum Gasteiger partial charge on any atom is -0.406 e. The average molecular weight is 692 g/mol. The van der Waals surface area contributed by atoms with E-state index in [0.29, 0.717) is 32.7 Å². The Kier molecular flexibility index (Phi) is 13.4. The van der Waals surface area contributed by atoms with Gasteiger partial charge in [0, 0.05) is 19.5 Å². The van der Waals surface area contributed by atoms with Gasteiger partial charge in [-0.15, -0.1) is 0 Å². The van der Waals surface area contributed by atoms with E-state index in [2.05, 4.69) is 181 Å². The molecule has 4 aromatic carbocycles. The molecule has 0 aromatic heterocycles. The van der Waals surface area contributed by atoms with E-state index in [9.17, 15) is 5.11 Å². The second-order valence-corrected chi connectivity index (χ2v) is 24.7. The molecule has 0 saturated heterocycles. The molecule has 0 bridgehead atoms. The maximum atomic E-state index is 12.1. The summed E-state index contributed by atoms with van der Waals surface area (Å²) in [4.78, 5) is 2.38. The van der Waals surface area contributed by atoms with E-state index in [1.54, 1.807) is 0 Å². The SMILES string of the molecule is CC(C)(C)[Si](C)(C)OCC#CC[C@@H](O)[C@H](CO[Si](c1ccccc1)(c1ccccc1)C(C)(C)C)N(Cc1ccccc1)Cc1ccccc1. The molecule has 0 unspecified atom stereocenters. The van der Waals surface area contributed by atoms with Crippen molar-refractivity contribution in [1.82, 2.24) is 4.90 Å². The predicted molar refractivity (Wildman–Crippen MR) is 211 cm³/mol. The quantitative estimate of drug-likeness (QED) is 0.107. The Hall–Kier alpha value is -3.29. The van der Waals surface area contributed by atoms with Gasteiger partial charge in [-0.2, -0.15) is 0 Å².